The van der Waals surface area contributed by atoms with Crippen molar-refractivity contribution in [2.75, 3.05) is 37.8 Å². The number of benzene rings is 1. The number of carbonyl (C=O) groups excluding carboxylic acids is 1. The van der Waals surface area contributed by atoms with Crippen LogP contribution < -0.4 is 15.0 Å². The zero-order chi connectivity index (χ0) is 20.7. The molecule has 0 saturated carbocycles. The molecule has 0 radical (unpaired) electrons. The van der Waals surface area contributed by atoms with E-state index < -0.39 is 0 Å². The molecule has 5 rings (SSSR count). The molecule has 7 nitrogen and oxygen atoms in total. The van der Waals surface area contributed by atoms with E-state index in [2.05, 4.69) is 35.7 Å². The van der Waals surface area contributed by atoms with Crippen molar-refractivity contribution in [3.05, 3.63) is 30.1 Å². The van der Waals surface area contributed by atoms with Gasteiger partial charge >= 0.3 is 0 Å². The Balaban J connectivity index is 1.53. The molecule has 2 aromatic rings. The predicted molar refractivity (Wildman–Crippen MR) is 115 cm³/mol. The number of hydrogen-bond acceptors (Lipinski definition) is 5. The van der Waals surface area contributed by atoms with Gasteiger partial charge in [-0.15, -0.1) is 0 Å². The lowest BCUT2D eigenvalue weighted by Crippen LogP contribution is -2.40. The van der Waals surface area contributed by atoms with Gasteiger partial charge in [-0.1, -0.05) is 0 Å². The molecule has 4 heterocycles. The second kappa shape index (κ2) is 8.04. The first-order chi connectivity index (χ1) is 14.6. The van der Waals surface area contributed by atoms with E-state index in [9.17, 15) is 4.79 Å². The van der Waals surface area contributed by atoms with Crippen molar-refractivity contribution < 1.29 is 14.3 Å². The normalized spacial score (nSPS) is 23.9. The lowest BCUT2D eigenvalue weighted by molar-refractivity contribution is -0.117. The van der Waals surface area contributed by atoms with Gasteiger partial charge in [-0.3, -0.25) is 9.48 Å². The van der Waals surface area contributed by atoms with Crippen LogP contribution in [0.2, 0.25) is 0 Å². The van der Waals surface area contributed by atoms with E-state index in [0.717, 1.165) is 73.7 Å². The van der Waals surface area contributed by atoms with Gasteiger partial charge in [0, 0.05) is 48.3 Å². The minimum Gasteiger partial charge on any atom is -0.492 e. The smallest absolute Gasteiger partial charge is 0.224 e. The van der Waals surface area contributed by atoms with Gasteiger partial charge in [-0.05, 0) is 44.9 Å². The van der Waals surface area contributed by atoms with Gasteiger partial charge in [-0.25, -0.2) is 0 Å². The summed E-state index contributed by atoms with van der Waals surface area (Å²) in [6.45, 7) is 7.95. The van der Waals surface area contributed by atoms with Crippen molar-refractivity contribution in [3.8, 4) is 16.9 Å². The molecule has 160 valence electrons. The average molecular weight is 411 g/mol. The van der Waals surface area contributed by atoms with Crippen molar-refractivity contribution in [1.82, 2.24) is 15.1 Å². The molecule has 3 aliphatic rings. The maximum Gasteiger partial charge on any atom is 0.224 e. The summed E-state index contributed by atoms with van der Waals surface area (Å²) in [6.07, 6.45) is 7.00. The number of aromatic nitrogens is 2. The summed E-state index contributed by atoms with van der Waals surface area (Å²) in [5.41, 5.74) is 4.25. The summed E-state index contributed by atoms with van der Waals surface area (Å²) < 4.78 is 13.8. The zero-order valence-corrected chi connectivity index (χ0v) is 17.8. The molecule has 1 amide bonds. The van der Waals surface area contributed by atoms with Crippen molar-refractivity contribution in [2.45, 2.75) is 45.2 Å². The molecule has 7 heteroatoms. The number of ether oxygens (including phenoxy) is 2. The van der Waals surface area contributed by atoms with Gasteiger partial charge in [0.2, 0.25) is 5.91 Å². The fraction of sp³-hybridized carbons (Fsp3) is 0.565. The zero-order valence-electron chi connectivity index (χ0n) is 17.8. The quantitative estimate of drug-likeness (QED) is 0.821. The van der Waals surface area contributed by atoms with Crippen LogP contribution in [0.15, 0.2) is 24.5 Å². The summed E-state index contributed by atoms with van der Waals surface area (Å²) in [7, 11) is 0. The Morgan fingerprint density at radius 2 is 2.20 bits per heavy atom. The summed E-state index contributed by atoms with van der Waals surface area (Å²) in [4.78, 5) is 14.3. The lowest BCUT2D eigenvalue weighted by atomic mass is 9.92. The van der Waals surface area contributed by atoms with E-state index in [1.165, 1.54) is 0 Å². The minimum absolute atomic E-state index is 0.0833. The number of anilines is 1. The van der Waals surface area contributed by atoms with Gasteiger partial charge in [0.05, 0.1) is 37.7 Å². The maximum atomic E-state index is 12.4. The molecular weight excluding hydrogens is 380 g/mol. The molecule has 0 bridgehead atoms. The van der Waals surface area contributed by atoms with Crippen LogP contribution in [0.5, 0.6) is 5.75 Å². The summed E-state index contributed by atoms with van der Waals surface area (Å²) in [5, 5.41) is 7.98. The number of hydrogen-bond donors (Lipinski definition) is 1. The van der Waals surface area contributed by atoms with Crippen LogP contribution >= 0.6 is 0 Å². The molecular formula is C23H30N4O3. The number of nitrogens with zero attached hydrogens (tertiary/aromatic N) is 3. The van der Waals surface area contributed by atoms with Gasteiger partial charge in [-0.2, -0.15) is 5.10 Å². The Hall–Kier alpha value is -2.38. The Labute approximate surface area is 177 Å². The molecule has 1 aromatic carbocycles. The van der Waals surface area contributed by atoms with E-state index in [1.807, 2.05) is 15.8 Å². The second-order valence-corrected chi connectivity index (χ2v) is 8.79. The Kier molecular flexibility index (Phi) is 5.25. The number of carbonyl (C=O) groups is 1. The minimum atomic E-state index is 0.0833. The fourth-order valence-electron chi connectivity index (χ4n) is 4.79. The molecule has 0 spiro atoms. The highest BCUT2D eigenvalue weighted by Gasteiger charge is 2.31. The first-order valence-corrected chi connectivity index (χ1v) is 11.0. The lowest BCUT2D eigenvalue weighted by Gasteiger charge is -2.36. The Morgan fingerprint density at radius 3 is 2.90 bits per heavy atom. The van der Waals surface area contributed by atoms with Crippen LogP contribution in [-0.4, -0.2) is 54.6 Å². The van der Waals surface area contributed by atoms with Crippen molar-refractivity contribution in [3.63, 3.8) is 0 Å². The standard InChI is InChI=1S/C23H30N4O3/c1-15-3-4-21-22(27(15)16(2)28)6-5-20(23(21)30-12-17-7-8-24-9-17)18-10-25-26(11-18)19-13-29-14-19/h5-6,10-11,15,17,19,24H,3-4,7-9,12-14H2,1-2H3. The molecule has 2 saturated heterocycles. The average Bonchev–Trinajstić information content (AvgIpc) is 3.36. The Morgan fingerprint density at radius 1 is 1.33 bits per heavy atom. The predicted octanol–water partition coefficient (Wildman–Crippen LogP) is 2.80. The van der Waals surface area contributed by atoms with Crippen LogP contribution in [0.3, 0.4) is 0 Å². The Bertz CT molecular complexity index is 931. The highest BCUT2D eigenvalue weighted by Crippen LogP contribution is 2.43. The molecule has 1 N–H and O–H groups in total. The van der Waals surface area contributed by atoms with Gasteiger partial charge in [0.1, 0.15) is 5.75 Å². The summed E-state index contributed by atoms with van der Waals surface area (Å²) >= 11 is 0. The van der Waals surface area contributed by atoms with Crippen molar-refractivity contribution >= 4 is 11.6 Å². The largest absolute Gasteiger partial charge is 0.492 e. The molecule has 30 heavy (non-hydrogen) atoms. The van der Waals surface area contributed by atoms with Gasteiger partial charge in [0.15, 0.2) is 0 Å². The van der Waals surface area contributed by atoms with E-state index in [4.69, 9.17) is 9.47 Å². The third-order valence-corrected chi connectivity index (χ3v) is 6.62. The van der Waals surface area contributed by atoms with Gasteiger partial charge < -0.3 is 19.7 Å². The van der Waals surface area contributed by atoms with Crippen LogP contribution in [0, 0.1) is 5.92 Å². The highest BCUT2D eigenvalue weighted by atomic mass is 16.5. The van der Waals surface area contributed by atoms with Crippen LogP contribution in [0.25, 0.3) is 11.1 Å². The van der Waals surface area contributed by atoms with Crippen LogP contribution in [-0.2, 0) is 16.0 Å². The summed E-state index contributed by atoms with van der Waals surface area (Å²) in [6, 6.07) is 4.69. The second-order valence-electron chi connectivity index (χ2n) is 8.79. The SMILES string of the molecule is CC(=O)N1c2ccc(-c3cnn(C4COC4)c3)c(OCC3CCNC3)c2CCC1C. The van der Waals surface area contributed by atoms with Crippen molar-refractivity contribution in [2.24, 2.45) is 5.92 Å². The number of rotatable bonds is 5. The van der Waals surface area contributed by atoms with Crippen molar-refractivity contribution in [1.29, 1.82) is 0 Å². The number of amides is 1. The monoisotopic (exact) mass is 410 g/mol. The van der Waals surface area contributed by atoms with E-state index in [0.29, 0.717) is 18.6 Å². The molecule has 1 aromatic heterocycles. The molecule has 0 aliphatic carbocycles. The molecule has 2 atom stereocenters. The van der Waals surface area contributed by atoms with E-state index in [1.54, 1.807) is 6.92 Å². The number of fused-ring (bicyclic) bond motifs is 1. The van der Waals surface area contributed by atoms with E-state index in [-0.39, 0.29) is 11.9 Å². The number of nitrogens with one attached hydrogen (secondary N) is 1. The first kappa shape index (κ1) is 19.6. The summed E-state index contributed by atoms with van der Waals surface area (Å²) in [5.74, 6) is 1.52. The highest BCUT2D eigenvalue weighted by molar-refractivity contribution is 5.95. The molecule has 3 aliphatic heterocycles. The topological polar surface area (TPSA) is 68.6 Å². The van der Waals surface area contributed by atoms with E-state index >= 15 is 0 Å². The fourth-order valence-corrected chi connectivity index (χ4v) is 4.79. The van der Waals surface area contributed by atoms with Crippen LogP contribution in [0.4, 0.5) is 5.69 Å². The van der Waals surface area contributed by atoms with Gasteiger partial charge in [0.25, 0.3) is 0 Å². The third kappa shape index (κ3) is 3.50. The third-order valence-electron chi connectivity index (χ3n) is 6.62. The molecule has 2 unspecified atom stereocenters. The first-order valence-electron chi connectivity index (χ1n) is 11.0. The maximum absolute atomic E-state index is 12.4. The van der Waals surface area contributed by atoms with Crippen LogP contribution in [0.1, 0.15) is 38.3 Å². The molecule has 2 fully saturated rings.